The second-order valence-corrected chi connectivity index (χ2v) is 8.83. The number of nitrogens with zero attached hydrogens (tertiary/aromatic N) is 1. The third-order valence-electron chi connectivity index (χ3n) is 4.05. The molecular formula is C22H17Br3N2O3. The lowest BCUT2D eigenvalue weighted by molar-refractivity contribution is 0.0952. The van der Waals surface area contributed by atoms with Crippen molar-refractivity contribution < 1.29 is 14.3 Å². The van der Waals surface area contributed by atoms with Gasteiger partial charge in [-0.15, -0.1) is 0 Å². The van der Waals surface area contributed by atoms with E-state index in [-0.39, 0.29) is 5.91 Å². The summed E-state index contributed by atoms with van der Waals surface area (Å²) in [5, 5.41) is 4.03. The van der Waals surface area contributed by atoms with Crippen LogP contribution in [0.3, 0.4) is 0 Å². The maximum atomic E-state index is 12.4. The van der Waals surface area contributed by atoms with E-state index in [0.29, 0.717) is 17.9 Å². The monoisotopic (exact) mass is 594 g/mol. The van der Waals surface area contributed by atoms with Gasteiger partial charge in [-0.2, -0.15) is 5.10 Å². The Labute approximate surface area is 199 Å². The Bertz CT molecular complexity index is 1070. The van der Waals surface area contributed by atoms with E-state index in [2.05, 4.69) is 58.3 Å². The van der Waals surface area contributed by atoms with Gasteiger partial charge in [0, 0.05) is 8.95 Å². The number of rotatable bonds is 7. The predicted octanol–water partition coefficient (Wildman–Crippen LogP) is 6.33. The summed E-state index contributed by atoms with van der Waals surface area (Å²) in [4.78, 5) is 12.4. The van der Waals surface area contributed by atoms with Crippen molar-refractivity contribution >= 4 is 59.9 Å². The molecule has 0 aromatic heterocycles. The Morgan fingerprint density at radius 3 is 2.37 bits per heavy atom. The number of halogens is 3. The molecule has 1 N–H and O–H groups in total. The van der Waals surface area contributed by atoms with E-state index in [1.54, 1.807) is 24.4 Å². The van der Waals surface area contributed by atoms with E-state index < -0.39 is 0 Å². The summed E-state index contributed by atoms with van der Waals surface area (Å²) >= 11 is 10.3. The van der Waals surface area contributed by atoms with E-state index in [0.717, 1.165) is 30.3 Å². The number of nitrogens with one attached hydrogen (secondary N) is 1. The topological polar surface area (TPSA) is 59.9 Å². The highest BCUT2D eigenvalue weighted by Crippen LogP contribution is 2.27. The van der Waals surface area contributed by atoms with Crippen molar-refractivity contribution in [1.82, 2.24) is 5.43 Å². The van der Waals surface area contributed by atoms with Crippen molar-refractivity contribution in [3.63, 3.8) is 0 Å². The SMILES string of the molecule is COc1ccc(Br)cc1C(=O)N/N=C\c1ccc(OCc2ccc(Br)cc2)c(Br)c1. The first-order chi connectivity index (χ1) is 14.5. The van der Waals surface area contributed by atoms with Gasteiger partial charge in [-0.1, -0.05) is 44.0 Å². The molecule has 3 rings (SSSR count). The van der Waals surface area contributed by atoms with Crippen LogP contribution in [-0.2, 0) is 6.61 Å². The molecule has 0 spiro atoms. The van der Waals surface area contributed by atoms with Crippen LogP contribution in [0.25, 0.3) is 0 Å². The Balaban J connectivity index is 1.61. The lowest BCUT2D eigenvalue weighted by Gasteiger charge is -2.09. The van der Waals surface area contributed by atoms with E-state index in [1.165, 1.54) is 7.11 Å². The van der Waals surface area contributed by atoms with Crippen molar-refractivity contribution in [3.05, 3.63) is 90.8 Å². The minimum atomic E-state index is -0.363. The number of benzene rings is 3. The molecule has 3 aromatic carbocycles. The lowest BCUT2D eigenvalue weighted by atomic mass is 10.2. The lowest BCUT2D eigenvalue weighted by Crippen LogP contribution is -2.18. The van der Waals surface area contributed by atoms with Crippen LogP contribution in [0.4, 0.5) is 0 Å². The molecule has 8 heteroatoms. The summed E-state index contributed by atoms with van der Waals surface area (Å²) in [6.45, 7) is 0.462. The highest BCUT2D eigenvalue weighted by Gasteiger charge is 2.12. The van der Waals surface area contributed by atoms with Gasteiger partial charge < -0.3 is 9.47 Å². The van der Waals surface area contributed by atoms with Crippen LogP contribution in [0, 0.1) is 0 Å². The molecule has 0 aliphatic heterocycles. The first-order valence-corrected chi connectivity index (χ1v) is 11.2. The van der Waals surface area contributed by atoms with Gasteiger partial charge in [-0.25, -0.2) is 5.43 Å². The van der Waals surface area contributed by atoms with E-state index >= 15 is 0 Å². The van der Waals surface area contributed by atoms with Gasteiger partial charge in [-0.05, 0) is 75.6 Å². The van der Waals surface area contributed by atoms with E-state index in [1.807, 2.05) is 42.5 Å². The zero-order valence-electron chi connectivity index (χ0n) is 15.9. The molecule has 30 heavy (non-hydrogen) atoms. The molecule has 0 bridgehead atoms. The maximum absolute atomic E-state index is 12.4. The second-order valence-electron chi connectivity index (χ2n) is 6.15. The Hall–Kier alpha value is -2.16. The highest BCUT2D eigenvalue weighted by molar-refractivity contribution is 9.11. The number of carbonyl (C=O) groups excluding carboxylic acids is 1. The molecule has 0 fully saturated rings. The summed E-state index contributed by atoms with van der Waals surface area (Å²) in [7, 11) is 1.52. The molecule has 0 aliphatic rings. The van der Waals surface area contributed by atoms with Crippen molar-refractivity contribution in [2.24, 2.45) is 5.10 Å². The van der Waals surface area contributed by atoms with Crippen LogP contribution in [0.1, 0.15) is 21.5 Å². The predicted molar refractivity (Wildman–Crippen MR) is 128 cm³/mol. The molecule has 0 unspecified atom stereocenters. The zero-order valence-corrected chi connectivity index (χ0v) is 20.6. The van der Waals surface area contributed by atoms with Gasteiger partial charge in [0.05, 0.1) is 23.4 Å². The van der Waals surface area contributed by atoms with E-state index in [9.17, 15) is 4.79 Å². The van der Waals surface area contributed by atoms with Gasteiger partial charge in [0.1, 0.15) is 18.1 Å². The fraction of sp³-hybridized carbons (Fsp3) is 0.0909. The van der Waals surface area contributed by atoms with Crippen LogP contribution in [-0.4, -0.2) is 19.2 Å². The summed E-state index contributed by atoms with van der Waals surface area (Å²) in [6.07, 6.45) is 1.56. The van der Waals surface area contributed by atoms with Crippen molar-refractivity contribution in [2.75, 3.05) is 7.11 Å². The number of hydrogen-bond acceptors (Lipinski definition) is 4. The molecule has 0 heterocycles. The molecule has 1 amide bonds. The molecule has 5 nitrogen and oxygen atoms in total. The van der Waals surface area contributed by atoms with Crippen molar-refractivity contribution in [2.45, 2.75) is 6.61 Å². The second kappa shape index (κ2) is 10.7. The minimum Gasteiger partial charge on any atom is -0.496 e. The number of methoxy groups -OCH3 is 1. The van der Waals surface area contributed by atoms with Crippen molar-refractivity contribution in [1.29, 1.82) is 0 Å². The van der Waals surface area contributed by atoms with Crippen LogP contribution in [0.15, 0.2) is 79.2 Å². The summed E-state index contributed by atoms with van der Waals surface area (Å²) in [5.41, 5.74) is 4.78. The quantitative estimate of drug-likeness (QED) is 0.256. The molecule has 3 aromatic rings. The van der Waals surface area contributed by atoms with Crippen molar-refractivity contribution in [3.8, 4) is 11.5 Å². The smallest absolute Gasteiger partial charge is 0.275 e. The zero-order chi connectivity index (χ0) is 21.5. The number of amides is 1. The highest BCUT2D eigenvalue weighted by atomic mass is 79.9. The molecule has 0 saturated carbocycles. The molecule has 0 saturated heterocycles. The normalized spacial score (nSPS) is 10.8. The fourth-order valence-corrected chi connectivity index (χ4v) is 3.68. The number of hydrogen-bond donors (Lipinski definition) is 1. The third-order valence-corrected chi connectivity index (χ3v) is 5.69. The van der Waals surface area contributed by atoms with Gasteiger partial charge in [0.25, 0.3) is 5.91 Å². The summed E-state index contributed by atoms with van der Waals surface area (Å²) in [6, 6.07) is 18.7. The van der Waals surface area contributed by atoms with Crippen LogP contribution < -0.4 is 14.9 Å². The minimum absolute atomic E-state index is 0.363. The summed E-state index contributed by atoms with van der Waals surface area (Å²) < 4.78 is 13.7. The van der Waals surface area contributed by atoms with Gasteiger partial charge in [0.2, 0.25) is 0 Å². The first kappa shape index (κ1) is 22.5. The average molecular weight is 597 g/mol. The molecule has 154 valence electrons. The van der Waals surface area contributed by atoms with Crippen LogP contribution >= 0.6 is 47.8 Å². The number of carbonyl (C=O) groups is 1. The van der Waals surface area contributed by atoms with Gasteiger partial charge in [0.15, 0.2) is 0 Å². The fourth-order valence-electron chi connectivity index (χ4n) is 2.54. The molecule has 0 atom stereocenters. The van der Waals surface area contributed by atoms with E-state index in [4.69, 9.17) is 9.47 Å². The molecule has 0 radical (unpaired) electrons. The van der Waals surface area contributed by atoms with Gasteiger partial charge >= 0.3 is 0 Å². The largest absolute Gasteiger partial charge is 0.496 e. The van der Waals surface area contributed by atoms with Gasteiger partial charge in [-0.3, -0.25) is 4.79 Å². The molecule has 0 aliphatic carbocycles. The third kappa shape index (κ3) is 6.17. The summed E-state index contributed by atoms with van der Waals surface area (Å²) in [5.74, 6) is 0.830. The Kier molecular flexibility index (Phi) is 8.07. The standard InChI is InChI=1S/C22H17Br3N2O3/c1-29-20-9-7-17(24)11-18(20)22(28)27-26-12-15-4-8-21(19(25)10-15)30-13-14-2-5-16(23)6-3-14/h2-12H,13H2,1H3,(H,27,28)/b26-12-. The van der Waals surface area contributed by atoms with Crippen LogP contribution in [0.5, 0.6) is 11.5 Å². The molecular weight excluding hydrogens is 580 g/mol. The number of ether oxygens (including phenoxy) is 2. The number of hydrazone groups is 1. The average Bonchev–Trinajstić information content (AvgIpc) is 2.74. The maximum Gasteiger partial charge on any atom is 0.275 e. The Morgan fingerprint density at radius 2 is 1.67 bits per heavy atom. The Morgan fingerprint density at radius 1 is 0.967 bits per heavy atom. The first-order valence-electron chi connectivity index (χ1n) is 8.80. The van der Waals surface area contributed by atoms with Crippen LogP contribution in [0.2, 0.25) is 0 Å².